The number of esters is 2. The first-order chi connectivity index (χ1) is 22.7. The SMILES string of the molecule is Cc1cc(S(=O)(=O)[O-])c(C23CC4CC(CC(C4)C2)C3)cc1OC(=O)COC(=O)C1C2c3ccccc3C(c3ccccc32)C1C(C)(C)C. The summed E-state index contributed by atoms with van der Waals surface area (Å²) in [7, 11) is -4.75. The highest BCUT2D eigenvalue weighted by molar-refractivity contribution is 7.85. The van der Waals surface area contributed by atoms with Crippen molar-refractivity contribution in [3.63, 3.8) is 0 Å². The van der Waals surface area contributed by atoms with E-state index in [2.05, 4.69) is 57.2 Å². The van der Waals surface area contributed by atoms with Crippen LogP contribution < -0.4 is 4.74 Å². The van der Waals surface area contributed by atoms with Crippen molar-refractivity contribution >= 4 is 22.1 Å². The van der Waals surface area contributed by atoms with Crippen LogP contribution in [0.1, 0.15) is 105 Å². The van der Waals surface area contributed by atoms with Crippen LogP contribution >= 0.6 is 0 Å². The van der Waals surface area contributed by atoms with Gasteiger partial charge in [-0.3, -0.25) is 4.79 Å². The quantitative estimate of drug-likeness (QED) is 0.153. The highest BCUT2D eigenvalue weighted by Crippen LogP contribution is 2.63. The van der Waals surface area contributed by atoms with E-state index in [4.69, 9.17) is 9.47 Å². The first-order valence-corrected chi connectivity index (χ1v) is 18.8. The van der Waals surface area contributed by atoms with Gasteiger partial charge in [0.25, 0.3) is 0 Å². The molecule has 6 bridgehead atoms. The molecular weight excluding hydrogens is 625 g/mol. The van der Waals surface area contributed by atoms with E-state index in [9.17, 15) is 22.6 Å². The molecule has 2 atom stereocenters. The van der Waals surface area contributed by atoms with Crippen LogP contribution in [0.4, 0.5) is 0 Å². The van der Waals surface area contributed by atoms with Crippen molar-refractivity contribution in [2.45, 2.75) is 88.4 Å². The zero-order chi connectivity index (χ0) is 33.7. The number of ether oxygens (including phenoxy) is 2. The molecule has 10 rings (SSSR count). The van der Waals surface area contributed by atoms with Crippen molar-refractivity contribution in [1.82, 2.24) is 0 Å². The van der Waals surface area contributed by atoms with E-state index < -0.39 is 40.0 Å². The third-order valence-corrected chi connectivity index (χ3v) is 13.3. The molecular formula is C40H43O7S-. The zero-order valence-corrected chi connectivity index (χ0v) is 28.8. The van der Waals surface area contributed by atoms with Crippen molar-refractivity contribution in [3.8, 4) is 5.75 Å². The Balaban J connectivity index is 1.07. The van der Waals surface area contributed by atoms with Crippen molar-refractivity contribution in [3.05, 3.63) is 94.0 Å². The van der Waals surface area contributed by atoms with Gasteiger partial charge in [-0.25, -0.2) is 13.2 Å². The molecule has 2 unspecified atom stereocenters. The summed E-state index contributed by atoms with van der Waals surface area (Å²) in [4.78, 5) is 27.3. The molecule has 4 fully saturated rings. The summed E-state index contributed by atoms with van der Waals surface area (Å²) in [6.07, 6.45) is 6.02. The third kappa shape index (κ3) is 5.04. The number of aryl methyl sites for hydroxylation is 1. The van der Waals surface area contributed by atoms with E-state index in [1.807, 2.05) is 12.1 Å². The average Bonchev–Trinajstić information content (AvgIpc) is 3.02. The number of carbonyl (C=O) groups is 2. The molecule has 252 valence electrons. The van der Waals surface area contributed by atoms with Crippen LogP contribution in [-0.2, 0) is 29.9 Å². The first kappa shape index (κ1) is 31.8. The molecule has 0 saturated heterocycles. The summed E-state index contributed by atoms with van der Waals surface area (Å²) in [6, 6.07) is 19.7. The lowest BCUT2D eigenvalue weighted by atomic mass is 9.48. The van der Waals surface area contributed by atoms with E-state index >= 15 is 0 Å². The van der Waals surface area contributed by atoms with Gasteiger partial charge < -0.3 is 14.0 Å². The number of fused-ring (bicyclic) bond motifs is 1. The number of rotatable bonds is 6. The predicted molar refractivity (Wildman–Crippen MR) is 179 cm³/mol. The van der Waals surface area contributed by atoms with Gasteiger partial charge in [0.15, 0.2) is 6.61 Å². The summed E-state index contributed by atoms with van der Waals surface area (Å²) in [5.41, 5.74) is 4.99. The molecule has 0 spiro atoms. The fourth-order valence-corrected chi connectivity index (χ4v) is 12.1. The average molecular weight is 668 g/mol. The lowest BCUT2D eigenvalue weighted by Gasteiger charge is -2.57. The lowest BCUT2D eigenvalue weighted by Crippen LogP contribution is -2.49. The molecule has 8 heteroatoms. The van der Waals surface area contributed by atoms with Gasteiger partial charge in [-0.05, 0) is 125 Å². The van der Waals surface area contributed by atoms with Crippen molar-refractivity contribution in [2.24, 2.45) is 35.0 Å². The van der Waals surface area contributed by atoms with E-state index in [1.165, 1.54) is 17.2 Å². The van der Waals surface area contributed by atoms with Crippen molar-refractivity contribution in [1.29, 1.82) is 0 Å². The third-order valence-electron chi connectivity index (χ3n) is 12.4. The van der Waals surface area contributed by atoms with Crippen LogP contribution in [0.25, 0.3) is 0 Å². The van der Waals surface area contributed by atoms with Crippen LogP contribution in [0, 0.1) is 41.9 Å². The van der Waals surface area contributed by atoms with Crippen LogP contribution in [0.15, 0.2) is 65.6 Å². The van der Waals surface area contributed by atoms with Gasteiger partial charge in [0.05, 0.1) is 10.8 Å². The maximum Gasteiger partial charge on any atom is 0.349 e. The molecule has 7 aliphatic rings. The van der Waals surface area contributed by atoms with Gasteiger partial charge >= 0.3 is 11.9 Å². The molecule has 7 nitrogen and oxygen atoms in total. The topological polar surface area (TPSA) is 110 Å². The molecule has 3 aromatic carbocycles. The van der Waals surface area contributed by atoms with Crippen molar-refractivity contribution < 1.29 is 32.0 Å². The number of hydrogen-bond acceptors (Lipinski definition) is 7. The molecule has 3 aromatic rings. The van der Waals surface area contributed by atoms with Crippen LogP contribution in [-0.4, -0.2) is 31.5 Å². The Kier molecular flexibility index (Phi) is 7.28. The minimum Gasteiger partial charge on any atom is -0.744 e. The van der Waals surface area contributed by atoms with E-state index in [0.29, 0.717) is 28.9 Å². The fourth-order valence-electron chi connectivity index (χ4n) is 11.2. The molecule has 0 N–H and O–H groups in total. The second-order valence-electron chi connectivity index (χ2n) is 16.5. The van der Waals surface area contributed by atoms with Gasteiger partial charge in [-0.15, -0.1) is 0 Å². The Labute approximate surface area is 283 Å². The Morgan fingerprint density at radius 2 is 1.33 bits per heavy atom. The molecule has 48 heavy (non-hydrogen) atoms. The normalized spacial score (nSPS) is 31.2. The van der Waals surface area contributed by atoms with Gasteiger partial charge in [0.1, 0.15) is 15.9 Å². The maximum absolute atomic E-state index is 14.1. The maximum atomic E-state index is 14.1. The van der Waals surface area contributed by atoms with Crippen LogP contribution in [0.5, 0.6) is 5.75 Å². The Morgan fingerprint density at radius 3 is 1.81 bits per heavy atom. The summed E-state index contributed by atoms with van der Waals surface area (Å²) >= 11 is 0. The van der Waals surface area contributed by atoms with Crippen molar-refractivity contribution in [2.75, 3.05) is 6.61 Å². The lowest BCUT2D eigenvalue weighted by molar-refractivity contribution is -0.161. The molecule has 0 aromatic heterocycles. The molecule has 4 saturated carbocycles. The highest BCUT2D eigenvalue weighted by atomic mass is 32.2. The van der Waals surface area contributed by atoms with Gasteiger partial charge in [-0.1, -0.05) is 69.3 Å². The second-order valence-corrected chi connectivity index (χ2v) is 17.8. The van der Waals surface area contributed by atoms with Gasteiger partial charge in [0.2, 0.25) is 0 Å². The summed E-state index contributed by atoms with van der Waals surface area (Å²) in [5.74, 6) is -0.0971. The van der Waals surface area contributed by atoms with E-state index in [0.717, 1.165) is 49.7 Å². The Bertz CT molecular complexity index is 1850. The number of hydrogen-bond donors (Lipinski definition) is 0. The monoisotopic (exact) mass is 667 g/mol. The molecule has 0 radical (unpaired) electrons. The molecule has 0 aliphatic heterocycles. The minimum atomic E-state index is -4.75. The molecule has 7 aliphatic carbocycles. The summed E-state index contributed by atoms with van der Waals surface area (Å²) < 4.78 is 49.3. The number of benzene rings is 3. The van der Waals surface area contributed by atoms with Gasteiger partial charge in [0, 0.05) is 11.8 Å². The van der Waals surface area contributed by atoms with Crippen LogP contribution in [0.2, 0.25) is 0 Å². The summed E-state index contributed by atoms with van der Waals surface area (Å²) in [6.45, 7) is 7.55. The fraction of sp³-hybridized carbons (Fsp3) is 0.500. The van der Waals surface area contributed by atoms with E-state index in [-0.39, 0.29) is 33.8 Å². The zero-order valence-electron chi connectivity index (χ0n) is 28.0. The molecule has 0 heterocycles. The largest absolute Gasteiger partial charge is 0.744 e. The highest BCUT2D eigenvalue weighted by Gasteiger charge is 2.56. The Hall–Kier alpha value is -3.49. The summed E-state index contributed by atoms with van der Waals surface area (Å²) in [5, 5.41) is 0. The second kappa shape index (κ2) is 11.0. The Morgan fingerprint density at radius 1 is 0.833 bits per heavy atom. The molecule has 0 amide bonds. The van der Waals surface area contributed by atoms with Gasteiger partial charge in [-0.2, -0.15) is 0 Å². The first-order valence-electron chi connectivity index (χ1n) is 17.4. The van der Waals surface area contributed by atoms with E-state index in [1.54, 1.807) is 13.0 Å². The minimum absolute atomic E-state index is 0.0216. The smallest absolute Gasteiger partial charge is 0.349 e. The van der Waals surface area contributed by atoms with Crippen LogP contribution in [0.3, 0.4) is 0 Å². The number of carbonyl (C=O) groups excluding carboxylic acids is 2. The predicted octanol–water partition coefficient (Wildman–Crippen LogP) is 7.39. The standard InChI is InChI=1S/C40H44O7S/c1-22-13-32(48(43,44)45)30(40-18-23-14-24(19-40)16-25(15-23)20-40)17-31(22)47-33(41)21-46-38(42)36-34-26-9-5-7-11-28(26)35(37(36)39(2,3)4)29-12-8-6-10-27(29)34/h5-13,17,23-25,34-37H,14-16,18-21H2,1-4H3,(H,43,44,45)/p-1.